The first-order valence-electron chi connectivity index (χ1n) is 6.80. The lowest BCUT2D eigenvalue weighted by Crippen LogP contribution is -2.30. The first-order chi connectivity index (χ1) is 8.94. The van der Waals surface area contributed by atoms with Gasteiger partial charge in [0.2, 0.25) is 15.9 Å². The molecule has 0 aromatic carbocycles. The van der Waals surface area contributed by atoms with Crippen LogP contribution in [0.5, 0.6) is 0 Å². The maximum atomic E-state index is 11.8. The second kappa shape index (κ2) is 6.19. The molecule has 1 unspecified atom stereocenters. The maximum absolute atomic E-state index is 11.8. The number of nitrogens with two attached hydrogens (primary N) is 1. The van der Waals surface area contributed by atoms with Gasteiger partial charge in [-0.1, -0.05) is 0 Å². The zero-order valence-electron chi connectivity index (χ0n) is 11.1. The Morgan fingerprint density at radius 3 is 2.58 bits per heavy atom. The van der Waals surface area contributed by atoms with Crippen LogP contribution in [-0.2, 0) is 19.6 Å². The molecule has 2 aliphatic rings. The van der Waals surface area contributed by atoms with Gasteiger partial charge in [0.1, 0.15) is 0 Å². The summed E-state index contributed by atoms with van der Waals surface area (Å²) in [6, 6.07) is 0. The number of nitrogens with zero attached hydrogens (tertiary/aromatic N) is 1. The molecule has 1 amide bonds. The monoisotopic (exact) mass is 290 g/mol. The highest BCUT2D eigenvalue weighted by Gasteiger charge is 2.32. The number of likely N-dealkylation sites (tertiary alicyclic amines) is 1. The van der Waals surface area contributed by atoms with Gasteiger partial charge in [0.15, 0.2) is 0 Å². The average Bonchev–Trinajstić information content (AvgIpc) is 2.66. The molecule has 110 valence electrons. The Morgan fingerprint density at radius 1 is 1.26 bits per heavy atom. The number of amides is 1. The van der Waals surface area contributed by atoms with Gasteiger partial charge < -0.3 is 9.64 Å². The molecule has 0 spiro atoms. The third-order valence-corrected chi connectivity index (χ3v) is 4.85. The Bertz CT molecular complexity index is 417. The van der Waals surface area contributed by atoms with E-state index in [4.69, 9.17) is 9.88 Å². The lowest BCUT2D eigenvalue weighted by Gasteiger charge is -2.24. The first kappa shape index (κ1) is 14.7. The van der Waals surface area contributed by atoms with E-state index in [-0.39, 0.29) is 17.6 Å². The van der Waals surface area contributed by atoms with Gasteiger partial charge in [0, 0.05) is 38.6 Å². The number of hydrogen-bond acceptors (Lipinski definition) is 4. The molecule has 2 saturated heterocycles. The predicted molar refractivity (Wildman–Crippen MR) is 70.8 cm³/mol. The van der Waals surface area contributed by atoms with Crippen LogP contribution in [0.25, 0.3) is 0 Å². The number of carbonyl (C=O) groups is 1. The van der Waals surface area contributed by atoms with Gasteiger partial charge in [-0.05, 0) is 25.2 Å². The van der Waals surface area contributed by atoms with Crippen molar-refractivity contribution in [3.05, 3.63) is 0 Å². The standard InChI is InChI=1S/C12H22N2O4S/c13-19(16,17)9-11-7-12(15)14(8-11)4-1-10-2-5-18-6-3-10/h10-11H,1-9H2,(H2,13,16,17). The largest absolute Gasteiger partial charge is 0.381 e. The molecule has 0 bridgehead atoms. The molecule has 0 aromatic heterocycles. The molecule has 0 radical (unpaired) electrons. The van der Waals surface area contributed by atoms with Crippen molar-refractivity contribution in [2.45, 2.75) is 25.7 Å². The molecular weight excluding hydrogens is 268 g/mol. The van der Waals surface area contributed by atoms with E-state index in [1.807, 2.05) is 0 Å². The fourth-order valence-corrected chi connectivity index (χ4v) is 3.76. The Kier molecular flexibility index (Phi) is 4.81. The fraction of sp³-hybridized carbons (Fsp3) is 0.917. The van der Waals surface area contributed by atoms with Crippen molar-refractivity contribution in [2.75, 3.05) is 32.1 Å². The van der Waals surface area contributed by atoms with Gasteiger partial charge >= 0.3 is 0 Å². The van der Waals surface area contributed by atoms with Crippen LogP contribution in [0.15, 0.2) is 0 Å². The third-order valence-electron chi connectivity index (χ3n) is 3.91. The van der Waals surface area contributed by atoms with E-state index in [1.54, 1.807) is 4.90 Å². The molecule has 19 heavy (non-hydrogen) atoms. The number of primary sulfonamides is 1. The van der Waals surface area contributed by atoms with Crippen molar-refractivity contribution in [3.63, 3.8) is 0 Å². The summed E-state index contributed by atoms with van der Waals surface area (Å²) in [5.74, 6) is 0.448. The Balaban J connectivity index is 1.76. The summed E-state index contributed by atoms with van der Waals surface area (Å²) in [6.45, 7) is 2.88. The van der Waals surface area contributed by atoms with Gasteiger partial charge in [-0.2, -0.15) is 0 Å². The van der Waals surface area contributed by atoms with E-state index in [2.05, 4.69) is 0 Å². The van der Waals surface area contributed by atoms with Crippen molar-refractivity contribution in [1.82, 2.24) is 4.90 Å². The van der Waals surface area contributed by atoms with E-state index in [0.29, 0.717) is 18.9 Å². The van der Waals surface area contributed by atoms with E-state index in [0.717, 1.165) is 39.0 Å². The van der Waals surface area contributed by atoms with Crippen LogP contribution in [0.2, 0.25) is 0 Å². The third kappa shape index (κ3) is 4.74. The van der Waals surface area contributed by atoms with Gasteiger partial charge in [-0.15, -0.1) is 0 Å². The Labute approximate surface area is 114 Å². The van der Waals surface area contributed by atoms with Crippen LogP contribution in [0.1, 0.15) is 25.7 Å². The van der Waals surface area contributed by atoms with Gasteiger partial charge in [-0.25, -0.2) is 13.6 Å². The van der Waals surface area contributed by atoms with Crippen LogP contribution in [0, 0.1) is 11.8 Å². The summed E-state index contributed by atoms with van der Waals surface area (Å²) < 4.78 is 27.4. The zero-order valence-corrected chi connectivity index (χ0v) is 11.9. The number of ether oxygens (including phenoxy) is 1. The van der Waals surface area contributed by atoms with E-state index >= 15 is 0 Å². The van der Waals surface area contributed by atoms with E-state index in [9.17, 15) is 13.2 Å². The summed E-state index contributed by atoms with van der Waals surface area (Å²) in [7, 11) is -3.49. The zero-order chi connectivity index (χ0) is 13.9. The topological polar surface area (TPSA) is 89.7 Å². The molecule has 1 atom stereocenters. The number of hydrogen-bond donors (Lipinski definition) is 1. The molecule has 0 saturated carbocycles. The summed E-state index contributed by atoms with van der Waals surface area (Å²) in [6.07, 6.45) is 3.41. The molecule has 2 rings (SSSR count). The van der Waals surface area contributed by atoms with Crippen LogP contribution in [0.4, 0.5) is 0 Å². The Hall–Kier alpha value is -0.660. The van der Waals surface area contributed by atoms with Gasteiger partial charge in [0.05, 0.1) is 5.75 Å². The Morgan fingerprint density at radius 2 is 1.95 bits per heavy atom. The molecular formula is C12H22N2O4S. The van der Waals surface area contributed by atoms with Crippen molar-refractivity contribution >= 4 is 15.9 Å². The van der Waals surface area contributed by atoms with Crippen molar-refractivity contribution < 1.29 is 17.9 Å². The molecule has 6 nitrogen and oxygen atoms in total. The molecule has 2 aliphatic heterocycles. The highest BCUT2D eigenvalue weighted by molar-refractivity contribution is 7.89. The molecule has 2 fully saturated rings. The minimum atomic E-state index is -3.49. The number of carbonyl (C=O) groups excluding carboxylic acids is 1. The highest BCUT2D eigenvalue weighted by atomic mass is 32.2. The van der Waals surface area contributed by atoms with Crippen LogP contribution in [-0.4, -0.2) is 51.3 Å². The van der Waals surface area contributed by atoms with Crippen molar-refractivity contribution in [1.29, 1.82) is 0 Å². The lowest BCUT2D eigenvalue weighted by atomic mass is 9.96. The van der Waals surface area contributed by atoms with E-state index < -0.39 is 10.0 Å². The summed E-state index contributed by atoms with van der Waals surface area (Å²) in [5.41, 5.74) is 0. The molecule has 0 aromatic rings. The number of sulfonamides is 1. The summed E-state index contributed by atoms with van der Waals surface area (Å²) in [4.78, 5) is 13.6. The summed E-state index contributed by atoms with van der Waals surface area (Å²) >= 11 is 0. The van der Waals surface area contributed by atoms with Crippen molar-refractivity contribution in [3.8, 4) is 0 Å². The average molecular weight is 290 g/mol. The normalized spacial score (nSPS) is 26.1. The maximum Gasteiger partial charge on any atom is 0.222 e. The second-order valence-electron chi connectivity index (χ2n) is 5.58. The molecule has 7 heteroatoms. The fourth-order valence-electron chi connectivity index (χ4n) is 2.88. The lowest BCUT2D eigenvalue weighted by molar-refractivity contribution is -0.127. The van der Waals surface area contributed by atoms with Crippen LogP contribution >= 0.6 is 0 Å². The van der Waals surface area contributed by atoms with Gasteiger partial charge in [-0.3, -0.25) is 4.79 Å². The minimum Gasteiger partial charge on any atom is -0.381 e. The van der Waals surface area contributed by atoms with Crippen LogP contribution < -0.4 is 5.14 Å². The predicted octanol–water partition coefficient (Wildman–Crippen LogP) is -0.0599. The minimum absolute atomic E-state index is 0.0562. The highest BCUT2D eigenvalue weighted by Crippen LogP contribution is 2.23. The molecule has 2 heterocycles. The SMILES string of the molecule is NS(=O)(=O)CC1CC(=O)N(CCC2CCOCC2)C1. The van der Waals surface area contributed by atoms with Crippen LogP contribution in [0.3, 0.4) is 0 Å². The van der Waals surface area contributed by atoms with E-state index in [1.165, 1.54) is 0 Å². The van der Waals surface area contributed by atoms with Crippen molar-refractivity contribution in [2.24, 2.45) is 17.0 Å². The smallest absolute Gasteiger partial charge is 0.222 e. The summed E-state index contributed by atoms with van der Waals surface area (Å²) in [5, 5.41) is 5.03. The second-order valence-corrected chi connectivity index (χ2v) is 7.24. The number of rotatable bonds is 5. The molecule has 2 N–H and O–H groups in total. The quantitative estimate of drug-likeness (QED) is 0.768. The van der Waals surface area contributed by atoms with Gasteiger partial charge in [0.25, 0.3) is 0 Å². The first-order valence-corrected chi connectivity index (χ1v) is 8.51. The molecule has 0 aliphatic carbocycles.